The van der Waals surface area contributed by atoms with Crippen molar-refractivity contribution in [2.75, 3.05) is 36.0 Å². The highest BCUT2D eigenvalue weighted by atomic mass is 19.1. The van der Waals surface area contributed by atoms with E-state index in [2.05, 4.69) is 41.0 Å². The number of nitrogens with two attached hydrogens (primary N) is 1. The number of anilines is 2. The monoisotopic (exact) mass is 542 g/mol. The third kappa shape index (κ3) is 4.98. The van der Waals surface area contributed by atoms with Crippen LogP contribution in [0.3, 0.4) is 0 Å². The summed E-state index contributed by atoms with van der Waals surface area (Å²) in [5.74, 6) is 1.21. The van der Waals surface area contributed by atoms with Crippen molar-refractivity contribution in [2.24, 2.45) is 5.73 Å². The molecule has 4 aromatic heterocycles. The Morgan fingerprint density at radius 3 is 2.33 bits per heavy atom. The van der Waals surface area contributed by atoms with E-state index in [1.165, 1.54) is 12.1 Å². The number of benzene rings is 1. The van der Waals surface area contributed by atoms with Gasteiger partial charge in [0.05, 0.1) is 24.4 Å². The number of piperazine rings is 1. The highest BCUT2D eigenvalue weighted by molar-refractivity contribution is 5.77. The number of aliphatic hydroxyl groups is 1. The Bertz CT molecular complexity index is 1600. The number of nitrogens with zero attached hydrogens (tertiary/aromatic N) is 9. The van der Waals surface area contributed by atoms with Gasteiger partial charge >= 0.3 is 0 Å². The standard InChI is InChI=1S/C28H31FN10O/c1-19(40)15-38-16-21(12-34-38)20-11-25-26(33-18-35-39(25)17-20)36-7-9-37(10-8-36)27-31-13-23(14-32-27)28(2,30)22-3-5-24(29)6-4-22/h3-6,11-14,16-19,40H,7-10,15,30H2,1-2H3. The molecule has 6 rings (SSSR count). The lowest BCUT2D eigenvalue weighted by molar-refractivity contribution is 0.168. The van der Waals surface area contributed by atoms with Gasteiger partial charge in [-0.3, -0.25) is 4.68 Å². The van der Waals surface area contributed by atoms with E-state index in [1.807, 2.05) is 23.8 Å². The summed E-state index contributed by atoms with van der Waals surface area (Å²) in [6.07, 6.45) is 10.3. The number of aliphatic hydroxyl groups excluding tert-OH is 1. The van der Waals surface area contributed by atoms with Crippen LogP contribution in [0, 0.1) is 5.82 Å². The number of halogens is 1. The minimum Gasteiger partial charge on any atom is -0.391 e. The van der Waals surface area contributed by atoms with Gasteiger partial charge in [0.25, 0.3) is 0 Å². The Balaban J connectivity index is 1.15. The lowest BCUT2D eigenvalue weighted by atomic mass is 9.87. The minimum atomic E-state index is -0.838. The molecule has 206 valence electrons. The Morgan fingerprint density at radius 1 is 0.925 bits per heavy atom. The average molecular weight is 543 g/mol. The van der Waals surface area contributed by atoms with Crippen LogP contribution in [0.1, 0.15) is 25.0 Å². The van der Waals surface area contributed by atoms with Gasteiger partial charge < -0.3 is 20.6 Å². The van der Waals surface area contributed by atoms with Gasteiger partial charge in [0.15, 0.2) is 5.82 Å². The van der Waals surface area contributed by atoms with E-state index in [4.69, 9.17) is 5.73 Å². The van der Waals surface area contributed by atoms with E-state index in [0.717, 1.165) is 59.8 Å². The molecule has 0 amide bonds. The molecule has 0 spiro atoms. The molecule has 5 aromatic rings. The van der Waals surface area contributed by atoms with Gasteiger partial charge in [0, 0.05) is 67.7 Å². The Morgan fingerprint density at radius 2 is 1.62 bits per heavy atom. The molecule has 0 bridgehead atoms. The van der Waals surface area contributed by atoms with Crippen LogP contribution >= 0.6 is 0 Å². The summed E-state index contributed by atoms with van der Waals surface area (Å²) in [6.45, 7) is 7.00. The predicted octanol–water partition coefficient (Wildman–Crippen LogP) is 2.45. The van der Waals surface area contributed by atoms with Crippen molar-refractivity contribution in [3.05, 3.63) is 84.6 Å². The van der Waals surface area contributed by atoms with Gasteiger partial charge in [-0.05, 0) is 37.6 Å². The SMILES string of the molecule is CC(O)Cn1cc(-c2cc3c(N4CCN(c5ncc(C(C)(N)c6ccc(F)cc6)cn5)CC4)ncnn3c2)cn1. The maximum absolute atomic E-state index is 13.4. The van der Waals surface area contributed by atoms with E-state index in [-0.39, 0.29) is 5.82 Å². The molecular formula is C28H31FN10O. The molecule has 11 nitrogen and oxygen atoms in total. The van der Waals surface area contributed by atoms with Crippen molar-refractivity contribution in [3.8, 4) is 11.1 Å². The van der Waals surface area contributed by atoms with E-state index < -0.39 is 11.6 Å². The van der Waals surface area contributed by atoms with Crippen LogP contribution in [0.2, 0.25) is 0 Å². The highest BCUT2D eigenvalue weighted by Gasteiger charge is 2.26. The van der Waals surface area contributed by atoms with Crippen molar-refractivity contribution in [1.82, 2.24) is 34.3 Å². The molecule has 3 N–H and O–H groups in total. The predicted molar refractivity (Wildman–Crippen MR) is 149 cm³/mol. The molecule has 1 saturated heterocycles. The molecular weight excluding hydrogens is 511 g/mol. The summed E-state index contributed by atoms with van der Waals surface area (Å²) in [5.41, 5.74) is 10.1. The average Bonchev–Trinajstić information content (AvgIpc) is 3.60. The van der Waals surface area contributed by atoms with Crippen molar-refractivity contribution in [1.29, 1.82) is 0 Å². The number of fused-ring (bicyclic) bond motifs is 1. The molecule has 1 fully saturated rings. The van der Waals surface area contributed by atoms with Gasteiger partial charge in [-0.25, -0.2) is 23.9 Å². The second-order valence-corrected chi connectivity index (χ2v) is 10.4. The second kappa shape index (κ2) is 10.3. The van der Waals surface area contributed by atoms with Crippen LogP contribution in [0.4, 0.5) is 16.2 Å². The molecule has 2 unspecified atom stereocenters. The normalized spacial score (nSPS) is 16.3. The fourth-order valence-electron chi connectivity index (χ4n) is 5.04. The summed E-state index contributed by atoms with van der Waals surface area (Å²) in [4.78, 5) is 18.2. The lowest BCUT2D eigenvalue weighted by Gasteiger charge is -2.35. The third-order valence-electron chi connectivity index (χ3n) is 7.35. The lowest BCUT2D eigenvalue weighted by Crippen LogP contribution is -2.47. The molecule has 12 heteroatoms. The molecule has 1 aliphatic heterocycles. The van der Waals surface area contributed by atoms with Gasteiger partial charge in [-0.2, -0.15) is 10.2 Å². The van der Waals surface area contributed by atoms with Gasteiger partial charge in [-0.1, -0.05) is 12.1 Å². The second-order valence-electron chi connectivity index (χ2n) is 10.4. The molecule has 1 aliphatic rings. The summed E-state index contributed by atoms with van der Waals surface area (Å²) in [6, 6.07) is 8.25. The van der Waals surface area contributed by atoms with Crippen molar-refractivity contribution >= 4 is 17.3 Å². The van der Waals surface area contributed by atoms with Crippen LogP contribution < -0.4 is 15.5 Å². The maximum atomic E-state index is 13.4. The first-order chi connectivity index (χ1) is 19.3. The highest BCUT2D eigenvalue weighted by Crippen LogP contribution is 2.29. The van der Waals surface area contributed by atoms with Crippen molar-refractivity contribution in [2.45, 2.75) is 32.0 Å². The molecule has 1 aromatic carbocycles. The van der Waals surface area contributed by atoms with Crippen LogP contribution in [-0.4, -0.2) is 71.7 Å². The van der Waals surface area contributed by atoms with E-state index in [0.29, 0.717) is 12.5 Å². The zero-order valence-electron chi connectivity index (χ0n) is 22.4. The van der Waals surface area contributed by atoms with Crippen LogP contribution in [0.15, 0.2) is 67.6 Å². The zero-order valence-corrected chi connectivity index (χ0v) is 22.4. The Kier molecular flexibility index (Phi) is 6.64. The van der Waals surface area contributed by atoms with Crippen LogP contribution in [0.5, 0.6) is 0 Å². The molecule has 2 atom stereocenters. The van der Waals surface area contributed by atoms with Crippen LogP contribution in [-0.2, 0) is 12.1 Å². The molecule has 0 saturated carbocycles. The Hall–Kier alpha value is -4.42. The van der Waals surface area contributed by atoms with E-state index in [1.54, 1.807) is 48.7 Å². The zero-order chi connectivity index (χ0) is 27.9. The van der Waals surface area contributed by atoms with E-state index in [9.17, 15) is 9.50 Å². The van der Waals surface area contributed by atoms with Gasteiger partial charge in [-0.15, -0.1) is 0 Å². The smallest absolute Gasteiger partial charge is 0.225 e. The number of hydrogen-bond donors (Lipinski definition) is 2. The van der Waals surface area contributed by atoms with Crippen LogP contribution in [0.25, 0.3) is 16.6 Å². The van der Waals surface area contributed by atoms with Crippen molar-refractivity contribution < 1.29 is 9.50 Å². The third-order valence-corrected chi connectivity index (χ3v) is 7.35. The summed E-state index contributed by atoms with van der Waals surface area (Å²) in [7, 11) is 0. The first kappa shape index (κ1) is 25.8. The minimum absolute atomic E-state index is 0.300. The fraction of sp³-hybridized carbons (Fsp3) is 0.321. The van der Waals surface area contributed by atoms with Gasteiger partial charge in [0.2, 0.25) is 5.95 Å². The fourth-order valence-corrected chi connectivity index (χ4v) is 5.04. The maximum Gasteiger partial charge on any atom is 0.225 e. The summed E-state index contributed by atoms with van der Waals surface area (Å²) >= 11 is 0. The first-order valence-corrected chi connectivity index (χ1v) is 13.2. The van der Waals surface area contributed by atoms with E-state index >= 15 is 0 Å². The topological polar surface area (TPSA) is 127 Å². The molecule has 0 radical (unpaired) electrons. The molecule has 40 heavy (non-hydrogen) atoms. The Labute approximate surface area is 230 Å². The summed E-state index contributed by atoms with van der Waals surface area (Å²) in [5, 5.41) is 18.4. The molecule has 0 aliphatic carbocycles. The number of aromatic nitrogens is 7. The van der Waals surface area contributed by atoms with Crippen molar-refractivity contribution in [3.63, 3.8) is 0 Å². The first-order valence-electron chi connectivity index (χ1n) is 13.2. The number of hydrogen-bond acceptors (Lipinski definition) is 9. The van der Waals surface area contributed by atoms with Gasteiger partial charge in [0.1, 0.15) is 17.7 Å². The molecule has 5 heterocycles. The largest absolute Gasteiger partial charge is 0.391 e. The quantitative estimate of drug-likeness (QED) is 0.319. The number of rotatable bonds is 7. The summed E-state index contributed by atoms with van der Waals surface area (Å²) < 4.78 is 16.9.